The predicted octanol–water partition coefficient (Wildman–Crippen LogP) is 7.32. The van der Waals surface area contributed by atoms with E-state index in [0.29, 0.717) is 0 Å². The van der Waals surface area contributed by atoms with E-state index >= 15 is 0 Å². The Bertz CT molecular complexity index is 1000. The molecule has 0 spiro atoms. The molecule has 1 aliphatic carbocycles. The van der Waals surface area contributed by atoms with E-state index in [0.717, 1.165) is 19.3 Å². The van der Waals surface area contributed by atoms with Gasteiger partial charge in [-0.25, -0.2) is 0 Å². The Morgan fingerprint density at radius 1 is 0.667 bits per heavy atom. The summed E-state index contributed by atoms with van der Waals surface area (Å²) in [5, 5.41) is 0. The fourth-order valence-electron chi connectivity index (χ4n) is 3.89. The van der Waals surface area contributed by atoms with Crippen LogP contribution in [0.4, 0.5) is 0 Å². The molecule has 0 saturated carbocycles. The molecule has 0 N–H and O–H groups in total. The highest BCUT2D eigenvalue weighted by Gasteiger charge is 2.12. The van der Waals surface area contributed by atoms with Crippen molar-refractivity contribution in [2.24, 2.45) is 0 Å². The molecule has 1 aliphatic rings. The minimum atomic E-state index is 1.03. The molecule has 0 amide bonds. The van der Waals surface area contributed by atoms with Crippen LogP contribution in [-0.4, -0.2) is 0 Å². The summed E-state index contributed by atoms with van der Waals surface area (Å²) in [6.45, 7) is 4.34. The van der Waals surface area contributed by atoms with Crippen molar-refractivity contribution in [3.63, 3.8) is 0 Å². The summed E-state index contributed by atoms with van der Waals surface area (Å²) in [7, 11) is 0. The van der Waals surface area contributed by atoms with Gasteiger partial charge in [-0.15, -0.1) is 0 Å². The van der Waals surface area contributed by atoms with Crippen LogP contribution in [0.5, 0.6) is 0 Å². The van der Waals surface area contributed by atoms with Crippen molar-refractivity contribution >= 4 is 5.57 Å². The Morgan fingerprint density at radius 2 is 1.37 bits per heavy atom. The maximum Gasteiger partial charge on any atom is -0.00577 e. The summed E-state index contributed by atoms with van der Waals surface area (Å²) >= 11 is 0. The van der Waals surface area contributed by atoms with Gasteiger partial charge < -0.3 is 0 Å². The Hall–Kier alpha value is -2.86. The number of aryl methyl sites for hydroxylation is 2. The van der Waals surface area contributed by atoms with E-state index in [-0.39, 0.29) is 0 Å². The van der Waals surface area contributed by atoms with Gasteiger partial charge in [0.05, 0.1) is 0 Å². The van der Waals surface area contributed by atoms with E-state index in [1.807, 2.05) is 0 Å². The highest BCUT2D eigenvalue weighted by atomic mass is 14.2. The van der Waals surface area contributed by atoms with Crippen molar-refractivity contribution in [1.82, 2.24) is 0 Å². The van der Waals surface area contributed by atoms with Gasteiger partial charge in [0.25, 0.3) is 0 Å². The SMILES string of the molecule is Cc1ccc(C2=CC=C(Cc3ccccc3-c3ccccc3C)CC2)cc1. The molecule has 0 unspecified atom stereocenters. The predicted molar refractivity (Wildman–Crippen MR) is 117 cm³/mol. The zero-order valence-electron chi connectivity index (χ0n) is 16.2. The first-order valence-corrected chi connectivity index (χ1v) is 9.80. The number of allylic oxidation sites excluding steroid dienone is 4. The molecule has 3 aromatic rings. The van der Waals surface area contributed by atoms with E-state index in [1.54, 1.807) is 0 Å². The maximum absolute atomic E-state index is 2.34. The molecule has 0 fully saturated rings. The van der Waals surface area contributed by atoms with Crippen LogP contribution in [0.25, 0.3) is 16.7 Å². The number of benzene rings is 3. The number of rotatable bonds is 4. The van der Waals surface area contributed by atoms with Crippen molar-refractivity contribution in [3.05, 3.63) is 113 Å². The van der Waals surface area contributed by atoms with Gasteiger partial charge in [0.15, 0.2) is 0 Å². The van der Waals surface area contributed by atoms with Crippen LogP contribution < -0.4 is 0 Å². The molecule has 3 aromatic carbocycles. The summed E-state index contributed by atoms with van der Waals surface area (Å²) in [6.07, 6.45) is 7.96. The van der Waals surface area contributed by atoms with E-state index < -0.39 is 0 Å². The molecule has 27 heavy (non-hydrogen) atoms. The largest absolute Gasteiger partial charge is 0.0655 e. The Labute approximate surface area is 162 Å². The fraction of sp³-hybridized carbons (Fsp3) is 0.185. The zero-order valence-corrected chi connectivity index (χ0v) is 16.2. The Balaban J connectivity index is 1.59. The second-order valence-corrected chi connectivity index (χ2v) is 7.53. The first-order chi connectivity index (χ1) is 13.2. The second-order valence-electron chi connectivity index (χ2n) is 7.53. The van der Waals surface area contributed by atoms with Crippen molar-refractivity contribution in [3.8, 4) is 11.1 Å². The topological polar surface area (TPSA) is 0 Å². The van der Waals surface area contributed by atoms with Crippen LogP contribution in [-0.2, 0) is 6.42 Å². The molecular formula is C27H26. The van der Waals surface area contributed by atoms with Crippen LogP contribution in [0.15, 0.2) is 90.5 Å². The quantitative estimate of drug-likeness (QED) is 0.462. The lowest BCUT2D eigenvalue weighted by Gasteiger charge is -2.17. The normalized spacial score (nSPS) is 13.9. The van der Waals surface area contributed by atoms with Crippen molar-refractivity contribution in [1.29, 1.82) is 0 Å². The smallest absolute Gasteiger partial charge is 0.00577 e. The summed E-state index contributed by atoms with van der Waals surface area (Å²) in [4.78, 5) is 0. The van der Waals surface area contributed by atoms with Crippen molar-refractivity contribution < 1.29 is 0 Å². The molecule has 4 rings (SSSR count). The van der Waals surface area contributed by atoms with Crippen LogP contribution in [0, 0.1) is 13.8 Å². The average Bonchev–Trinajstić information content (AvgIpc) is 2.70. The van der Waals surface area contributed by atoms with E-state index in [9.17, 15) is 0 Å². The summed E-state index contributed by atoms with van der Waals surface area (Å²) in [6, 6.07) is 26.4. The van der Waals surface area contributed by atoms with E-state index in [4.69, 9.17) is 0 Å². The lowest BCUT2D eigenvalue weighted by Crippen LogP contribution is -1.99. The van der Waals surface area contributed by atoms with Crippen molar-refractivity contribution in [2.45, 2.75) is 33.1 Å². The minimum absolute atomic E-state index is 1.03. The van der Waals surface area contributed by atoms with Gasteiger partial charge in [-0.1, -0.05) is 96.1 Å². The molecule has 0 nitrogen and oxygen atoms in total. The standard InChI is InChI=1S/C27H26/c1-20-11-15-23(16-12-20)24-17-13-22(14-18-24)19-25-8-4-6-10-27(25)26-9-5-3-7-21(26)2/h3-13,15-17H,14,18-19H2,1-2H3. The number of hydrogen-bond acceptors (Lipinski definition) is 0. The van der Waals surface area contributed by atoms with Gasteiger partial charge in [0, 0.05) is 0 Å². The second kappa shape index (κ2) is 7.80. The van der Waals surface area contributed by atoms with Gasteiger partial charge in [-0.3, -0.25) is 0 Å². The Morgan fingerprint density at radius 3 is 2.07 bits per heavy atom. The van der Waals surface area contributed by atoms with Gasteiger partial charge in [0.2, 0.25) is 0 Å². The van der Waals surface area contributed by atoms with E-state index in [1.165, 1.54) is 44.5 Å². The third-order valence-corrected chi connectivity index (χ3v) is 5.53. The van der Waals surface area contributed by atoms with Crippen LogP contribution in [0.1, 0.15) is 35.1 Å². The molecule has 0 aromatic heterocycles. The average molecular weight is 351 g/mol. The van der Waals surface area contributed by atoms with Crippen LogP contribution >= 0.6 is 0 Å². The molecule has 0 saturated heterocycles. The van der Waals surface area contributed by atoms with Gasteiger partial charge in [-0.05, 0) is 66.5 Å². The lowest BCUT2D eigenvalue weighted by molar-refractivity contribution is 0.924. The molecule has 0 aliphatic heterocycles. The first-order valence-electron chi connectivity index (χ1n) is 9.80. The molecule has 0 atom stereocenters. The Kier molecular flexibility index (Phi) is 5.07. The third-order valence-electron chi connectivity index (χ3n) is 5.53. The fourth-order valence-corrected chi connectivity index (χ4v) is 3.89. The van der Waals surface area contributed by atoms with Gasteiger partial charge in [-0.2, -0.15) is 0 Å². The molecule has 0 radical (unpaired) electrons. The highest BCUT2D eigenvalue weighted by molar-refractivity contribution is 5.72. The summed E-state index contributed by atoms with van der Waals surface area (Å²) in [5.74, 6) is 0. The van der Waals surface area contributed by atoms with Gasteiger partial charge in [0.1, 0.15) is 0 Å². The molecule has 0 heterocycles. The summed E-state index contributed by atoms with van der Waals surface area (Å²) in [5.41, 5.74) is 11.1. The zero-order chi connectivity index (χ0) is 18.6. The number of hydrogen-bond donors (Lipinski definition) is 0. The molecule has 0 bridgehead atoms. The maximum atomic E-state index is 2.34. The lowest BCUT2D eigenvalue weighted by atomic mass is 9.87. The summed E-state index contributed by atoms with van der Waals surface area (Å²) < 4.78 is 0. The molecule has 0 heteroatoms. The molecule has 134 valence electrons. The first kappa shape index (κ1) is 17.5. The minimum Gasteiger partial charge on any atom is -0.0655 e. The van der Waals surface area contributed by atoms with Crippen LogP contribution in [0.3, 0.4) is 0 Å². The molecular weight excluding hydrogens is 324 g/mol. The van der Waals surface area contributed by atoms with Gasteiger partial charge >= 0.3 is 0 Å². The van der Waals surface area contributed by atoms with Crippen LogP contribution in [0.2, 0.25) is 0 Å². The highest BCUT2D eigenvalue weighted by Crippen LogP contribution is 2.32. The van der Waals surface area contributed by atoms with Crippen molar-refractivity contribution in [2.75, 3.05) is 0 Å². The monoisotopic (exact) mass is 350 g/mol. The third kappa shape index (κ3) is 3.95. The van der Waals surface area contributed by atoms with E-state index in [2.05, 4.69) is 98.8 Å².